The molecule has 2 aliphatic rings. The van der Waals surface area contributed by atoms with Crippen LogP contribution in [0, 0.1) is 0 Å². The van der Waals surface area contributed by atoms with Crippen molar-refractivity contribution in [2.24, 2.45) is 0 Å². The number of morpholine rings is 1. The maximum absolute atomic E-state index is 13.1. The minimum Gasteiger partial charge on any atom is -0.378 e. The number of nitrogens with one attached hydrogen (secondary N) is 1. The average molecular weight is 401 g/mol. The van der Waals surface area contributed by atoms with Crippen LogP contribution in [0.25, 0.3) is 0 Å². The zero-order chi connectivity index (χ0) is 19.3. The number of rotatable bonds is 7. The highest BCUT2D eigenvalue weighted by Gasteiger charge is 2.31. The third-order valence-corrected chi connectivity index (χ3v) is 6.47. The van der Waals surface area contributed by atoms with Crippen molar-refractivity contribution in [1.82, 2.24) is 20.0 Å². The zero-order valence-corrected chi connectivity index (χ0v) is 17.0. The molecule has 1 saturated heterocycles. The van der Waals surface area contributed by atoms with Crippen LogP contribution in [-0.2, 0) is 30.5 Å². The number of hydrogen-bond donors (Lipinski definition) is 1. The van der Waals surface area contributed by atoms with E-state index in [2.05, 4.69) is 29.4 Å². The van der Waals surface area contributed by atoms with Crippen LogP contribution < -0.4 is 5.32 Å². The molecule has 3 heterocycles. The molecule has 7 heteroatoms. The molecule has 1 aliphatic carbocycles. The van der Waals surface area contributed by atoms with Gasteiger partial charge in [0, 0.05) is 41.8 Å². The average Bonchev–Trinajstić information content (AvgIpc) is 3.37. The van der Waals surface area contributed by atoms with Gasteiger partial charge in [0.2, 0.25) is 0 Å². The Morgan fingerprint density at radius 1 is 1.43 bits per heavy atom. The number of carbonyl (C=O) groups excluding carboxylic acids is 1. The van der Waals surface area contributed by atoms with Crippen molar-refractivity contribution in [1.29, 1.82) is 0 Å². The maximum atomic E-state index is 13.1. The molecule has 28 heavy (non-hydrogen) atoms. The van der Waals surface area contributed by atoms with E-state index in [4.69, 9.17) is 9.84 Å². The van der Waals surface area contributed by atoms with Crippen molar-refractivity contribution in [2.45, 2.75) is 38.3 Å². The van der Waals surface area contributed by atoms with Crippen molar-refractivity contribution >= 4 is 17.2 Å². The lowest BCUT2D eigenvalue weighted by molar-refractivity contribution is 0.0297. The van der Waals surface area contributed by atoms with Crippen LogP contribution in [0.2, 0.25) is 0 Å². The summed E-state index contributed by atoms with van der Waals surface area (Å²) >= 11 is 1.81. The van der Waals surface area contributed by atoms with Gasteiger partial charge in [-0.1, -0.05) is 12.1 Å². The van der Waals surface area contributed by atoms with Gasteiger partial charge in [0.05, 0.1) is 19.8 Å². The largest absolute Gasteiger partial charge is 0.378 e. The predicted octanol–water partition coefficient (Wildman–Crippen LogP) is 2.29. The van der Waals surface area contributed by atoms with Crippen LogP contribution in [0.5, 0.6) is 0 Å². The van der Waals surface area contributed by atoms with E-state index < -0.39 is 0 Å². The molecule has 1 unspecified atom stereocenters. The van der Waals surface area contributed by atoms with Gasteiger partial charge in [0.15, 0.2) is 5.69 Å². The van der Waals surface area contributed by atoms with E-state index >= 15 is 0 Å². The van der Waals surface area contributed by atoms with Crippen molar-refractivity contribution in [2.75, 3.05) is 32.8 Å². The maximum Gasteiger partial charge on any atom is 0.274 e. The molecule has 1 amide bonds. The van der Waals surface area contributed by atoms with Gasteiger partial charge in [-0.15, -0.1) is 17.9 Å². The summed E-state index contributed by atoms with van der Waals surface area (Å²) in [4.78, 5) is 16.4. The fraction of sp³-hybridized carbons (Fsp3) is 0.524. The standard InChI is InChI=1S/C21H28N4O2S/c1-2-9-25-19-6-5-16(22-8-7-17-4-3-14-28-17)15-18(19)20(23-25)21(26)24-10-12-27-13-11-24/h2-4,14,16,22H,1,5-13,15H2. The van der Waals surface area contributed by atoms with Crippen LogP contribution in [-0.4, -0.2) is 59.5 Å². The molecule has 2 aromatic heterocycles. The van der Waals surface area contributed by atoms with Crippen molar-refractivity contribution < 1.29 is 9.53 Å². The van der Waals surface area contributed by atoms with Gasteiger partial charge < -0.3 is 15.0 Å². The van der Waals surface area contributed by atoms with Crippen LogP contribution >= 0.6 is 11.3 Å². The number of ether oxygens (including phenoxy) is 1. The first kappa shape index (κ1) is 19.4. The Morgan fingerprint density at radius 2 is 2.29 bits per heavy atom. The quantitative estimate of drug-likeness (QED) is 0.725. The van der Waals surface area contributed by atoms with E-state index in [1.165, 1.54) is 10.6 Å². The van der Waals surface area contributed by atoms with E-state index in [9.17, 15) is 4.79 Å². The minimum atomic E-state index is 0.0431. The highest BCUT2D eigenvalue weighted by atomic mass is 32.1. The molecule has 2 aromatic rings. The van der Waals surface area contributed by atoms with Gasteiger partial charge in [-0.25, -0.2) is 0 Å². The zero-order valence-electron chi connectivity index (χ0n) is 16.2. The third kappa shape index (κ3) is 4.21. The first-order valence-corrected chi connectivity index (χ1v) is 11.0. The summed E-state index contributed by atoms with van der Waals surface area (Å²) in [6.07, 6.45) is 5.79. The summed E-state index contributed by atoms with van der Waals surface area (Å²) < 4.78 is 7.36. The van der Waals surface area contributed by atoms with E-state index in [-0.39, 0.29) is 5.91 Å². The molecule has 0 spiro atoms. The molecule has 0 saturated carbocycles. The molecule has 4 rings (SSSR count). The number of aromatic nitrogens is 2. The molecule has 1 atom stereocenters. The number of carbonyl (C=O) groups is 1. The summed E-state index contributed by atoms with van der Waals surface area (Å²) in [5.41, 5.74) is 2.95. The SMILES string of the molecule is C=CCn1nc(C(=O)N2CCOCC2)c2c1CCC(NCCc1cccs1)C2. The van der Waals surface area contributed by atoms with E-state index in [0.29, 0.717) is 44.6 Å². The summed E-state index contributed by atoms with van der Waals surface area (Å²) in [5, 5.41) is 10.5. The Kier molecular flexibility index (Phi) is 6.24. The smallest absolute Gasteiger partial charge is 0.274 e. The molecule has 0 aromatic carbocycles. The molecule has 1 fully saturated rings. The van der Waals surface area contributed by atoms with Gasteiger partial charge in [0.1, 0.15) is 0 Å². The lowest BCUT2D eigenvalue weighted by atomic mass is 9.91. The van der Waals surface area contributed by atoms with E-state index in [1.807, 2.05) is 15.7 Å². The fourth-order valence-electron chi connectivity index (χ4n) is 4.08. The van der Waals surface area contributed by atoms with Gasteiger partial charge >= 0.3 is 0 Å². The van der Waals surface area contributed by atoms with Crippen molar-refractivity contribution in [3.8, 4) is 0 Å². The molecular weight excluding hydrogens is 372 g/mol. The van der Waals surface area contributed by atoms with E-state index in [1.54, 1.807) is 11.3 Å². The van der Waals surface area contributed by atoms with Gasteiger partial charge in [-0.05, 0) is 37.1 Å². The summed E-state index contributed by atoms with van der Waals surface area (Å²) in [6.45, 7) is 7.96. The van der Waals surface area contributed by atoms with Crippen LogP contribution in [0.1, 0.15) is 33.0 Å². The molecule has 0 bridgehead atoms. The lowest BCUT2D eigenvalue weighted by Gasteiger charge is -2.28. The molecule has 1 aliphatic heterocycles. The Hall–Kier alpha value is -1.96. The number of thiophene rings is 1. The van der Waals surface area contributed by atoms with E-state index in [0.717, 1.165) is 37.8 Å². The number of hydrogen-bond acceptors (Lipinski definition) is 5. The van der Waals surface area contributed by atoms with Gasteiger partial charge in [-0.3, -0.25) is 9.48 Å². The van der Waals surface area contributed by atoms with Crippen molar-refractivity contribution in [3.63, 3.8) is 0 Å². The highest BCUT2D eigenvalue weighted by molar-refractivity contribution is 7.09. The Morgan fingerprint density at radius 3 is 3.04 bits per heavy atom. The number of allylic oxidation sites excluding steroid dienone is 1. The monoisotopic (exact) mass is 400 g/mol. The topological polar surface area (TPSA) is 59.4 Å². The second-order valence-corrected chi connectivity index (χ2v) is 8.40. The second kappa shape index (κ2) is 9.03. The fourth-order valence-corrected chi connectivity index (χ4v) is 4.79. The number of nitrogens with zero attached hydrogens (tertiary/aromatic N) is 3. The molecular formula is C21H28N4O2S. The molecule has 6 nitrogen and oxygen atoms in total. The van der Waals surface area contributed by atoms with Gasteiger partial charge in [-0.2, -0.15) is 5.10 Å². The minimum absolute atomic E-state index is 0.0431. The predicted molar refractivity (Wildman–Crippen MR) is 111 cm³/mol. The number of fused-ring (bicyclic) bond motifs is 1. The highest BCUT2D eigenvalue weighted by Crippen LogP contribution is 2.26. The van der Waals surface area contributed by atoms with Crippen LogP contribution in [0.4, 0.5) is 0 Å². The lowest BCUT2D eigenvalue weighted by Crippen LogP contribution is -2.42. The second-order valence-electron chi connectivity index (χ2n) is 7.37. The molecule has 0 radical (unpaired) electrons. The van der Waals surface area contributed by atoms with Crippen LogP contribution in [0.15, 0.2) is 30.2 Å². The van der Waals surface area contributed by atoms with Crippen LogP contribution in [0.3, 0.4) is 0 Å². The Labute approximate surface area is 170 Å². The van der Waals surface area contributed by atoms with Crippen molar-refractivity contribution in [3.05, 3.63) is 52.0 Å². The Bertz CT molecular complexity index is 809. The third-order valence-electron chi connectivity index (χ3n) is 5.53. The first-order valence-electron chi connectivity index (χ1n) is 10.1. The summed E-state index contributed by atoms with van der Waals surface area (Å²) in [7, 11) is 0. The summed E-state index contributed by atoms with van der Waals surface area (Å²) in [6, 6.07) is 4.68. The van der Waals surface area contributed by atoms with Gasteiger partial charge in [0.25, 0.3) is 5.91 Å². The Balaban J connectivity index is 1.47. The molecule has 1 N–H and O–H groups in total. The molecule has 150 valence electrons. The normalized spacial score (nSPS) is 19.4. The summed E-state index contributed by atoms with van der Waals surface area (Å²) in [5.74, 6) is 0.0431. The first-order chi connectivity index (χ1) is 13.8. The number of amides is 1.